The van der Waals surface area contributed by atoms with Gasteiger partial charge in [0.2, 0.25) is 0 Å². The van der Waals surface area contributed by atoms with Crippen LogP contribution in [0.15, 0.2) is 42.6 Å². The Kier molecular flexibility index (Phi) is 3.91. The molecule has 2 aromatic heterocycles. The van der Waals surface area contributed by atoms with Gasteiger partial charge >= 0.3 is 0 Å². The first-order valence-electron chi connectivity index (χ1n) is 9.52. The predicted molar refractivity (Wildman–Crippen MR) is 109 cm³/mol. The summed E-state index contributed by atoms with van der Waals surface area (Å²) in [6.45, 7) is 4.20. The molecule has 0 radical (unpaired) electrons. The first kappa shape index (κ1) is 16.9. The van der Waals surface area contributed by atoms with E-state index in [4.69, 9.17) is 0 Å². The number of hydrogen-bond donors (Lipinski definition) is 2. The minimum atomic E-state index is -0.140. The molecule has 4 aromatic rings. The van der Waals surface area contributed by atoms with Crippen LogP contribution in [0.2, 0.25) is 0 Å². The van der Waals surface area contributed by atoms with E-state index in [2.05, 4.69) is 32.2 Å². The molecule has 1 aliphatic heterocycles. The number of imidazole rings is 1. The SMILES string of the molecule is CC1CCN1Cc1nc2ccc(NC(=O)c3ccc4c(cnn4C)c3)cc2[nH]1. The van der Waals surface area contributed by atoms with Gasteiger partial charge in [-0.25, -0.2) is 4.98 Å². The Bertz CT molecular complexity index is 1190. The van der Waals surface area contributed by atoms with Crippen LogP contribution in [0.5, 0.6) is 0 Å². The van der Waals surface area contributed by atoms with Gasteiger partial charge in [-0.05, 0) is 49.7 Å². The minimum Gasteiger partial charge on any atom is -0.341 e. The number of carbonyl (C=O) groups excluding carboxylic acids is 1. The zero-order valence-electron chi connectivity index (χ0n) is 15.9. The number of rotatable bonds is 4. The summed E-state index contributed by atoms with van der Waals surface area (Å²) in [5.74, 6) is 0.825. The third kappa shape index (κ3) is 2.93. The van der Waals surface area contributed by atoms with Gasteiger partial charge in [-0.15, -0.1) is 0 Å². The molecule has 1 saturated heterocycles. The van der Waals surface area contributed by atoms with Crippen molar-refractivity contribution in [2.24, 2.45) is 7.05 Å². The summed E-state index contributed by atoms with van der Waals surface area (Å²) < 4.78 is 1.79. The van der Waals surface area contributed by atoms with E-state index in [1.54, 1.807) is 10.9 Å². The Hall–Kier alpha value is -3.19. The van der Waals surface area contributed by atoms with Crippen LogP contribution >= 0.6 is 0 Å². The van der Waals surface area contributed by atoms with Crippen LogP contribution in [-0.2, 0) is 13.6 Å². The molecule has 1 unspecified atom stereocenters. The van der Waals surface area contributed by atoms with Gasteiger partial charge in [0.15, 0.2) is 0 Å². The maximum atomic E-state index is 12.7. The van der Waals surface area contributed by atoms with Gasteiger partial charge in [0, 0.05) is 36.3 Å². The first-order chi connectivity index (χ1) is 13.6. The van der Waals surface area contributed by atoms with Crippen LogP contribution < -0.4 is 5.32 Å². The topological polar surface area (TPSA) is 78.8 Å². The fourth-order valence-corrected chi connectivity index (χ4v) is 3.72. The van der Waals surface area contributed by atoms with Gasteiger partial charge in [-0.2, -0.15) is 5.10 Å². The lowest BCUT2D eigenvalue weighted by atomic mass is 10.1. The number of aromatic nitrogens is 4. The maximum absolute atomic E-state index is 12.7. The van der Waals surface area contributed by atoms with Crippen molar-refractivity contribution in [3.63, 3.8) is 0 Å². The Balaban J connectivity index is 1.35. The standard InChI is InChI=1S/C21H22N6O/c1-13-7-8-27(13)12-20-24-17-5-4-16(10-18(17)25-20)23-21(28)14-3-6-19-15(9-14)11-22-26(19)2/h3-6,9-11,13H,7-8,12H2,1-2H3,(H,23,28)(H,24,25). The molecule has 2 aromatic carbocycles. The maximum Gasteiger partial charge on any atom is 0.255 e. The van der Waals surface area contributed by atoms with E-state index in [0.717, 1.165) is 46.5 Å². The molecule has 0 bridgehead atoms. The van der Waals surface area contributed by atoms with E-state index in [-0.39, 0.29) is 5.91 Å². The number of aromatic amines is 1. The second kappa shape index (κ2) is 6.45. The van der Waals surface area contributed by atoms with Crippen molar-refractivity contribution in [3.05, 3.63) is 54.0 Å². The number of anilines is 1. The van der Waals surface area contributed by atoms with Gasteiger partial charge in [0.25, 0.3) is 5.91 Å². The van der Waals surface area contributed by atoms with Crippen LogP contribution in [0.1, 0.15) is 29.5 Å². The second-order valence-corrected chi connectivity index (χ2v) is 7.52. The number of aryl methyl sites for hydroxylation is 1. The molecule has 28 heavy (non-hydrogen) atoms. The molecule has 1 aliphatic rings. The average molecular weight is 374 g/mol. The summed E-state index contributed by atoms with van der Waals surface area (Å²) in [7, 11) is 1.89. The molecule has 3 heterocycles. The monoisotopic (exact) mass is 374 g/mol. The Morgan fingerprint density at radius 2 is 2.18 bits per heavy atom. The van der Waals surface area contributed by atoms with Crippen LogP contribution in [-0.4, -0.2) is 43.1 Å². The average Bonchev–Trinajstić information content (AvgIpc) is 3.27. The number of benzene rings is 2. The highest BCUT2D eigenvalue weighted by atomic mass is 16.1. The Labute approximate surface area is 162 Å². The number of nitrogens with zero attached hydrogens (tertiary/aromatic N) is 4. The molecule has 0 saturated carbocycles. The molecule has 0 spiro atoms. The summed E-state index contributed by atoms with van der Waals surface area (Å²) in [6, 6.07) is 12.0. The highest BCUT2D eigenvalue weighted by molar-refractivity contribution is 6.06. The summed E-state index contributed by atoms with van der Waals surface area (Å²) in [4.78, 5) is 23.1. The predicted octanol–water partition coefficient (Wildman–Crippen LogP) is 3.30. The van der Waals surface area contributed by atoms with E-state index in [0.29, 0.717) is 11.6 Å². The number of nitrogens with one attached hydrogen (secondary N) is 2. The van der Waals surface area contributed by atoms with E-state index >= 15 is 0 Å². The summed E-state index contributed by atoms with van der Waals surface area (Å²) in [6.07, 6.45) is 3.02. The summed E-state index contributed by atoms with van der Waals surface area (Å²) >= 11 is 0. The van der Waals surface area contributed by atoms with Crippen molar-refractivity contribution in [2.75, 3.05) is 11.9 Å². The van der Waals surface area contributed by atoms with Gasteiger partial charge in [0.05, 0.1) is 29.3 Å². The normalized spacial score (nSPS) is 17.1. The Morgan fingerprint density at radius 3 is 2.96 bits per heavy atom. The van der Waals surface area contributed by atoms with Crippen molar-refractivity contribution >= 4 is 33.5 Å². The highest BCUT2D eigenvalue weighted by Crippen LogP contribution is 2.22. The molecule has 142 valence electrons. The molecule has 7 nitrogen and oxygen atoms in total. The highest BCUT2D eigenvalue weighted by Gasteiger charge is 2.24. The van der Waals surface area contributed by atoms with Crippen LogP contribution in [0, 0.1) is 0 Å². The van der Waals surface area contributed by atoms with E-state index < -0.39 is 0 Å². The first-order valence-corrected chi connectivity index (χ1v) is 9.52. The van der Waals surface area contributed by atoms with Crippen LogP contribution in [0.3, 0.4) is 0 Å². The zero-order chi connectivity index (χ0) is 19.3. The molecule has 1 amide bonds. The lowest BCUT2D eigenvalue weighted by Gasteiger charge is -2.37. The molecular formula is C21H22N6O. The quantitative estimate of drug-likeness (QED) is 0.574. The van der Waals surface area contributed by atoms with Gasteiger partial charge < -0.3 is 10.3 Å². The largest absolute Gasteiger partial charge is 0.341 e. The van der Waals surface area contributed by atoms with E-state index in [9.17, 15) is 4.79 Å². The number of fused-ring (bicyclic) bond motifs is 2. The van der Waals surface area contributed by atoms with Crippen LogP contribution in [0.4, 0.5) is 5.69 Å². The smallest absolute Gasteiger partial charge is 0.255 e. The van der Waals surface area contributed by atoms with Crippen LogP contribution in [0.25, 0.3) is 21.9 Å². The molecule has 7 heteroatoms. The molecule has 5 rings (SSSR count). The van der Waals surface area contributed by atoms with E-state index in [1.165, 1.54) is 6.42 Å². The number of carbonyl (C=O) groups is 1. The van der Waals surface area contributed by atoms with Gasteiger partial charge in [0.1, 0.15) is 5.82 Å². The van der Waals surface area contributed by atoms with Gasteiger partial charge in [-0.1, -0.05) is 0 Å². The molecule has 1 atom stereocenters. The molecule has 0 aliphatic carbocycles. The number of H-pyrrole nitrogens is 1. The number of hydrogen-bond acceptors (Lipinski definition) is 4. The fourth-order valence-electron chi connectivity index (χ4n) is 3.72. The summed E-state index contributed by atoms with van der Waals surface area (Å²) in [5.41, 5.74) is 4.20. The molecule has 2 N–H and O–H groups in total. The fraction of sp³-hybridized carbons (Fsp3) is 0.286. The number of amides is 1. The van der Waals surface area contributed by atoms with E-state index in [1.807, 2.05) is 43.4 Å². The van der Waals surface area contributed by atoms with Crippen molar-refractivity contribution in [1.29, 1.82) is 0 Å². The lowest BCUT2D eigenvalue weighted by Crippen LogP contribution is -2.44. The molecular weight excluding hydrogens is 352 g/mol. The lowest BCUT2D eigenvalue weighted by molar-refractivity contribution is 0.0931. The third-order valence-electron chi connectivity index (χ3n) is 5.61. The summed E-state index contributed by atoms with van der Waals surface area (Å²) in [5, 5.41) is 8.15. The van der Waals surface area contributed by atoms with Crippen molar-refractivity contribution in [3.8, 4) is 0 Å². The zero-order valence-corrected chi connectivity index (χ0v) is 15.9. The van der Waals surface area contributed by atoms with Gasteiger partial charge in [-0.3, -0.25) is 14.4 Å². The molecule has 1 fully saturated rings. The Morgan fingerprint density at radius 1 is 1.29 bits per heavy atom. The second-order valence-electron chi connectivity index (χ2n) is 7.52. The third-order valence-corrected chi connectivity index (χ3v) is 5.61. The minimum absolute atomic E-state index is 0.140. The number of likely N-dealkylation sites (tertiary alicyclic amines) is 1. The van der Waals surface area contributed by atoms with Crippen molar-refractivity contribution < 1.29 is 4.79 Å². The van der Waals surface area contributed by atoms with Crippen molar-refractivity contribution in [2.45, 2.75) is 25.9 Å². The van der Waals surface area contributed by atoms with Crippen molar-refractivity contribution in [1.82, 2.24) is 24.6 Å².